The zero-order chi connectivity index (χ0) is 12.2. The number of hydrogen-bond acceptors (Lipinski definition) is 2. The fraction of sp³-hybridized carbons (Fsp3) is 0.500. The Morgan fingerprint density at radius 3 is 2.69 bits per heavy atom. The molecule has 2 nitrogen and oxygen atoms in total. The van der Waals surface area contributed by atoms with Gasteiger partial charge in [0.15, 0.2) is 0 Å². The highest BCUT2D eigenvalue weighted by Crippen LogP contribution is 2.26. The van der Waals surface area contributed by atoms with Crippen LogP contribution in [0.15, 0.2) is 18.2 Å². The second-order valence-electron chi connectivity index (χ2n) is 4.37. The fourth-order valence-corrected chi connectivity index (χ4v) is 1.67. The van der Waals surface area contributed by atoms with Crippen molar-refractivity contribution >= 4 is 11.6 Å². The lowest BCUT2D eigenvalue weighted by Crippen LogP contribution is -2.33. The van der Waals surface area contributed by atoms with Crippen LogP contribution in [0.5, 0.6) is 0 Å². The van der Waals surface area contributed by atoms with E-state index in [-0.39, 0.29) is 16.3 Å². The number of halogens is 2. The van der Waals surface area contributed by atoms with Gasteiger partial charge in [0, 0.05) is 19.1 Å². The van der Waals surface area contributed by atoms with Gasteiger partial charge < -0.3 is 4.74 Å². The Hall–Kier alpha value is -0.640. The van der Waals surface area contributed by atoms with Gasteiger partial charge in [-0.2, -0.15) is 0 Å². The third kappa shape index (κ3) is 3.44. The zero-order valence-corrected chi connectivity index (χ0v) is 10.6. The molecule has 0 aliphatic heterocycles. The first-order valence-electron chi connectivity index (χ1n) is 5.12. The van der Waals surface area contributed by atoms with Gasteiger partial charge in [0.05, 0.1) is 11.8 Å². The highest BCUT2D eigenvalue weighted by Gasteiger charge is 2.20. The lowest BCUT2D eigenvalue weighted by Gasteiger charge is -2.25. The number of nitrogens with one attached hydrogen (secondary N) is 1. The molecule has 1 rings (SSSR count). The molecular formula is C12H17ClFNO. The Morgan fingerprint density at radius 1 is 1.44 bits per heavy atom. The second-order valence-corrected chi connectivity index (χ2v) is 4.78. The average molecular weight is 246 g/mol. The molecule has 90 valence electrons. The molecule has 0 atom stereocenters. The summed E-state index contributed by atoms with van der Waals surface area (Å²) in [5.74, 6) is -0.383. The van der Waals surface area contributed by atoms with E-state index in [2.05, 4.69) is 19.2 Å². The van der Waals surface area contributed by atoms with Gasteiger partial charge in [-0.25, -0.2) is 4.39 Å². The summed E-state index contributed by atoms with van der Waals surface area (Å²) < 4.78 is 17.9. The summed E-state index contributed by atoms with van der Waals surface area (Å²) >= 11 is 5.76. The Labute approximate surface area is 101 Å². The second kappa shape index (κ2) is 5.62. The topological polar surface area (TPSA) is 21.3 Å². The lowest BCUT2D eigenvalue weighted by molar-refractivity contribution is 0.169. The van der Waals surface area contributed by atoms with E-state index in [0.29, 0.717) is 6.73 Å². The summed E-state index contributed by atoms with van der Waals surface area (Å²) in [4.78, 5) is 0. The minimum atomic E-state index is -0.383. The van der Waals surface area contributed by atoms with Gasteiger partial charge in [0.1, 0.15) is 5.82 Å². The molecule has 0 aliphatic carbocycles. The Morgan fingerprint density at radius 2 is 2.12 bits per heavy atom. The number of ether oxygens (including phenoxy) is 1. The standard InChI is InChI=1S/C12H17ClFNO/c1-12(2,7-15-8-16-3)9-4-5-11(14)10(13)6-9/h4-6,15H,7-8H2,1-3H3. The minimum absolute atomic E-state index is 0.115. The molecule has 4 heteroatoms. The predicted octanol–water partition coefficient (Wildman–Crippen LogP) is 2.95. The highest BCUT2D eigenvalue weighted by atomic mass is 35.5. The first kappa shape index (κ1) is 13.4. The molecule has 1 N–H and O–H groups in total. The van der Waals surface area contributed by atoms with Crippen LogP contribution in [0.3, 0.4) is 0 Å². The van der Waals surface area contributed by atoms with Crippen molar-refractivity contribution < 1.29 is 9.13 Å². The molecule has 0 unspecified atom stereocenters. The van der Waals surface area contributed by atoms with Crippen LogP contribution in [-0.4, -0.2) is 20.4 Å². The Bertz CT molecular complexity index is 355. The predicted molar refractivity (Wildman–Crippen MR) is 64.3 cm³/mol. The lowest BCUT2D eigenvalue weighted by atomic mass is 9.84. The number of rotatable bonds is 5. The maximum Gasteiger partial charge on any atom is 0.141 e. The maximum absolute atomic E-state index is 13.0. The van der Waals surface area contributed by atoms with Crippen molar-refractivity contribution in [3.63, 3.8) is 0 Å². The third-order valence-electron chi connectivity index (χ3n) is 2.51. The van der Waals surface area contributed by atoms with E-state index < -0.39 is 0 Å². The monoisotopic (exact) mass is 245 g/mol. The highest BCUT2D eigenvalue weighted by molar-refractivity contribution is 6.30. The number of hydrogen-bond donors (Lipinski definition) is 1. The zero-order valence-electron chi connectivity index (χ0n) is 9.81. The molecule has 16 heavy (non-hydrogen) atoms. The van der Waals surface area contributed by atoms with E-state index in [1.807, 2.05) is 0 Å². The molecule has 0 saturated carbocycles. The Kier molecular flexibility index (Phi) is 4.71. The molecule has 1 aromatic carbocycles. The quantitative estimate of drug-likeness (QED) is 0.636. The molecule has 1 aromatic rings. The molecule has 0 amide bonds. The molecule has 0 bridgehead atoms. The van der Waals surface area contributed by atoms with E-state index in [1.54, 1.807) is 19.2 Å². The first-order chi connectivity index (χ1) is 7.47. The summed E-state index contributed by atoms with van der Waals surface area (Å²) in [6.45, 7) is 5.37. The largest absolute Gasteiger partial charge is 0.370 e. The number of benzene rings is 1. The van der Waals surface area contributed by atoms with Gasteiger partial charge in [-0.3, -0.25) is 5.32 Å². The van der Waals surface area contributed by atoms with E-state index in [1.165, 1.54) is 6.07 Å². The third-order valence-corrected chi connectivity index (χ3v) is 2.80. The van der Waals surface area contributed by atoms with Crippen LogP contribution < -0.4 is 5.32 Å². The van der Waals surface area contributed by atoms with Crippen molar-refractivity contribution in [3.05, 3.63) is 34.6 Å². The van der Waals surface area contributed by atoms with Crippen LogP contribution in [-0.2, 0) is 10.2 Å². The number of methoxy groups -OCH3 is 1. The summed E-state index contributed by atoms with van der Waals surface area (Å²) in [6, 6.07) is 4.83. The van der Waals surface area contributed by atoms with E-state index >= 15 is 0 Å². The van der Waals surface area contributed by atoms with Gasteiger partial charge in [-0.05, 0) is 17.7 Å². The molecule has 0 fully saturated rings. The van der Waals surface area contributed by atoms with Crippen LogP contribution in [0.4, 0.5) is 4.39 Å². The van der Waals surface area contributed by atoms with Gasteiger partial charge in [-0.1, -0.05) is 31.5 Å². The van der Waals surface area contributed by atoms with Crippen LogP contribution in [0, 0.1) is 5.82 Å². The van der Waals surface area contributed by atoms with Gasteiger partial charge in [-0.15, -0.1) is 0 Å². The Balaban J connectivity index is 2.76. The van der Waals surface area contributed by atoms with Crippen molar-refractivity contribution in [3.8, 4) is 0 Å². The van der Waals surface area contributed by atoms with Gasteiger partial charge in [0.2, 0.25) is 0 Å². The van der Waals surface area contributed by atoms with Crippen molar-refractivity contribution in [2.45, 2.75) is 19.3 Å². The minimum Gasteiger partial charge on any atom is -0.370 e. The fourth-order valence-electron chi connectivity index (χ4n) is 1.48. The summed E-state index contributed by atoms with van der Waals surface area (Å²) in [7, 11) is 1.63. The van der Waals surface area contributed by atoms with Crippen LogP contribution >= 0.6 is 11.6 Å². The van der Waals surface area contributed by atoms with Crippen LogP contribution in [0.1, 0.15) is 19.4 Å². The maximum atomic E-state index is 13.0. The molecule has 0 aromatic heterocycles. The smallest absolute Gasteiger partial charge is 0.141 e. The van der Waals surface area contributed by atoms with Crippen molar-refractivity contribution in [1.82, 2.24) is 5.32 Å². The van der Waals surface area contributed by atoms with Crippen molar-refractivity contribution in [2.24, 2.45) is 0 Å². The SMILES string of the molecule is COCNCC(C)(C)c1ccc(F)c(Cl)c1. The molecule has 0 saturated heterocycles. The molecule has 0 heterocycles. The van der Waals surface area contributed by atoms with E-state index in [4.69, 9.17) is 16.3 Å². The van der Waals surface area contributed by atoms with Crippen LogP contribution in [0.2, 0.25) is 5.02 Å². The van der Waals surface area contributed by atoms with Crippen molar-refractivity contribution in [2.75, 3.05) is 20.4 Å². The molecule has 0 spiro atoms. The molecule has 0 aliphatic rings. The summed E-state index contributed by atoms with van der Waals surface area (Å²) in [6.07, 6.45) is 0. The van der Waals surface area contributed by atoms with E-state index in [9.17, 15) is 4.39 Å². The van der Waals surface area contributed by atoms with E-state index in [0.717, 1.165) is 12.1 Å². The molecular weight excluding hydrogens is 229 g/mol. The van der Waals surface area contributed by atoms with Crippen molar-refractivity contribution in [1.29, 1.82) is 0 Å². The summed E-state index contributed by atoms with van der Waals surface area (Å²) in [5, 5.41) is 3.31. The van der Waals surface area contributed by atoms with Gasteiger partial charge in [0.25, 0.3) is 0 Å². The van der Waals surface area contributed by atoms with Crippen LogP contribution in [0.25, 0.3) is 0 Å². The molecule has 0 radical (unpaired) electrons. The normalized spacial score (nSPS) is 11.8. The first-order valence-corrected chi connectivity index (χ1v) is 5.50. The summed E-state index contributed by atoms with van der Waals surface area (Å²) in [5.41, 5.74) is 0.887. The van der Waals surface area contributed by atoms with Gasteiger partial charge >= 0.3 is 0 Å². The average Bonchev–Trinajstić information content (AvgIpc) is 2.22.